The van der Waals surface area contributed by atoms with Gasteiger partial charge in [-0.2, -0.15) is 0 Å². The van der Waals surface area contributed by atoms with Gasteiger partial charge in [0.05, 0.1) is 6.26 Å². The molecule has 2 aromatic rings. The molecule has 0 spiro atoms. The molecule has 24 heavy (non-hydrogen) atoms. The van der Waals surface area contributed by atoms with E-state index in [2.05, 4.69) is 45.0 Å². The molecule has 0 bridgehead atoms. The number of rotatable bonds is 2. The van der Waals surface area contributed by atoms with Crippen molar-refractivity contribution in [2.45, 2.75) is 54.5 Å². The number of benzene rings is 1. The van der Waals surface area contributed by atoms with Gasteiger partial charge < -0.3 is 15.3 Å². The van der Waals surface area contributed by atoms with Crippen molar-refractivity contribution in [3.05, 3.63) is 47.9 Å². The molecule has 4 heteroatoms. The average Bonchev–Trinajstić information content (AvgIpc) is 2.96. The number of hydrogen-bond acceptors (Lipinski definition) is 3. The van der Waals surface area contributed by atoms with Crippen LogP contribution in [0.1, 0.15) is 58.9 Å². The molecule has 1 aromatic heterocycles. The standard InChI is InChI=1S/C13H15NO.C4H10.C2H6.CH2O2/c1-9(14)11-3-5-12(6-4-11)13-7-8-15-10(13)2;1-4(2)3;1-2;2-1-3/h3-9H,14H2,1-2H3;4H,1-3H3;1-2H3;1H,(H,2,3). The van der Waals surface area contributed by atoms with Crippen LogP contribution in [0.4, 0.5) is 0 Å². The second kappa shape index (κ2) is 14.5. The Hall–Kier alpha value is -2.07. The van der Waals surface area contributed by atoms with Crippen molar-refractivity contribution < 1.29 is 14.3 Å². The molecular formula is C20H33NO3. The zero-order chi connectivity index (χ0) is 19.1. The topological polar surface area (TPSA) is 76.5 Å². The highest BCUT2D eigenvalue weighted by Gasteiger charge is 2.05. The zero-order valence-corrected chi connectivity index (χ0v) is 16.0. The Labute approximate surface area is 146 Å². The van der Waals surface area contributed by atoms with Crippen molar-refractivity contribution in [3.8, 4) is 11.1 Å². The lowest BCUT2D eigenvalue weighted by Crippen LogP contribution is -2.04. The molecule has 0 saturated carbocycles. The fourth-order valence-electron chi connectivity index (χ4n) is 1.65. The quantitative estimate of drug-likeness (QED) is 0.694. The summed E-state index contributed by atoms with van der Waals surface area (Å²) in [6, 6.07) is 10.4. The van der Waals surface area contributed by atoms with Crippen LogP contribution < -0.4 is 5.73 Å². The molecule has 136 valence electrons. The number of furan rings is 1. The Kier molecular flexibility index (Phi) is 14.6. The molecule has 0 saturated heterocycles. The third-order valence-corrected chi connectivity index (χ3v) is 2.61. The molecular weight excluding hydrogens is 302 g/mol. The Morgan fingerprint density at radius 1 is 1.04 bits per heavy atom. The first-order chi connectivity index (χ1) is 11.3. The summed E-state index contributed by atoms with van der Waals surface area (Å²) < 4.78 is 5.27. The van der Waals surface area contributed by atoms with Gasteiger partial charge in [0.2, 0.25) is 0 Å². The lowest BCUT2D eigenvalue weighted by Gasteiger charge is -2.06. The summed E-state index contributed by atoms with van der Waals surface area (Å²) in [5.74, 6) is 1.78. The summed E-state index contributed by atoms with van der Waals surface area (Å²) in [4.78, 5) is 8.36. The van der Waals surface area contributed by atoms with Crippen LogP contribution in [-0.4, -0.2) is 11.6 Å². The summed E-state index contributed by atoms with van der Waals surface area (Å²) in [5.41, 5.74) is 9.26. The molecule has 0 amide bonds. The van der Waals surface area contributed by atoms with Crippen LogP contribution in [-0.2, 0) is 4.79 Å². The fourth-order valence-corrected chi connectivity index (χ4v) is 1.65. The Morgan fingerprint density at radius 2 is 1.46 bits per heavy atom. The lowest BCUT2D eigenvalue weighted by molar-refractivity contribution is -0.122. The van der Waals surface area contributed by atoms with E-state index in [0.29, 0.717) is 0 Å². The Morgan fingerprint density at radius 3 is 1.75 bits per heavy atom. The minimum atomic E-state index is -0.250. The van der Waals surface area contributed by atoms with E-state index in [-0.39, 0.29) is 12.5 Å². The normalized spacial score (nSPS) is 10.2. The molecule has 0 radical (unpaired) electrons. The molecule has 1 heterocycles. The number of aryl methyl sites for hydroxylation is 1. The molecule has 0 fully saturated rings. The van der Waals surface area contributed by atoms with E-state index in [1.54, 1.807) is 6.26 Å². The van der Waals surface area contributed by atoms with Crippen LogP contribution in [0.15, 0.2) is 41.0 Å². The van der Waals surface area contributed by atoms with Gasteiger partial charge in [0.15, 0.2) is 0 Å². The van der Waals surface area contributed by atoms with Gasteiger partial charge in [-0.05, 0) is 37.0 Å². The predicted molar refractivity (Wildman–Crippen MR) is 102 cm³/mol. The van der Waals surface area contributed by atoms with Gasteiger partial charge in [0.25, 0.3) is 6.47 Å². The second-order valence-electron chi connectivity index (χ2n) is 5.64. The van der Waals surface area contributed by atoms with Crippen LogP contribution in [0, 0.1) is 12.8 Å². The summed E-state index contributed by atoms with van der Waals surface area (Å²) in [6.07, 6.45) is 1.71. The summed E-state index contributed by atoms with van der Waals surface area (Å²) in [5, 5.41) is 6.89. The van der Waals surface area contributed by atoms with Gasteiger partial charge >= 0.3 is 0 Å². The van der Waals surface area contributed by atoms with Gasteiger partial charge in [-0.15, -0.1) is 0 Å². The first kappa shape index (κ1) is 24.2. The van der Waals surface area contributed by atoms with Gasteiger partial charge in [-0.25, -0.2) is 0 Å². The monoisotopic (exact) mass is 335 g/mol. The zero-order valence-electron chi connectivity index (χ0n) is 16.0. The molecule has 0 aliphatic rings. The minimum absolute atomic E-state index is 0.0875. The largest absolute Gasteiger partial charge is 0.483 e. The number of nitrogens with two attached hydrogens (primary N) is 1. The maximum atomic E-state index is 8.36. The first-order valence-electron chi connectivity index (χ1n) is 8.31. The SMILES string of the molecule is CC.CC(C)C.Cc1occc1-c1ccc(C(C)N)cc1.O=CO. The fraction of sp³-hybridized carbons (Fsp3) is 0.450. The molecule has 4 nitrogen and oxygen atoms in total. The van der Waals surface area contributed by atoms with Crippen molar-refractivity contribution in [3.63, 3.8) is 0 Å². The minimum Gasteiger partial charge on any atom is -0.483 e. The van der Waals surface area contributed by atoms with Gasteiger partial charge in [-0.1, -0.05) is 58.9 Å². The Bertz CT molecular complexity index is 525. The van der Waals surface area contributed by atoms with Crippen LogP contribution >= 0.6 is 0 Å². The number of carboxylic acid groups (broad SMARTS) is 1. The van der Waals surface area contributed by atoms with E-state index in [9.17, 15) is 0 Å². The van der Waals surface area contributed by atoms with E-state index in [1.165, 1.54) is 5.56 Å². The van der Waals surface area contributed by atoms with Crippen LogP contribution in [0.3, 0.4) is 0 Å². The van der Waals surface area contributed by atoms with E-state index in [1.807, 2.05) is 33.8 Å². The molecule has 0 aliphatic carbocycles. The molecule has 0 aliphatic heterocycles. The van der Waals surface area contributed by atoms with E-state index in [0.717, 1.165) is 22.8 Å². The molecule has 1 aromatic carbocycles. The molecule has 1 unspecified atom stereocenters. The summed E-state index contributed by atoms with van der Waals surface area (Å²) in [6.45, 7) is 14.2. The van der Waals surface area contributed by atoms with Gasteiger partial charge in [0.1, 0.15) is 5.76 Å². The van der Waals surface area contributed by atoms with Crippen molar-refractivity contribution >= 4 is 6.47 Å². The number of hydrogen-bond donors (Lipinski definition) is 2. The average molecular weight is 335 g/mol. The highest BCUT2D eigenvalue weighted by Crippen LogP contribution is 2.25. The molecule has 2 rings (SSSR count). The predicted octanol–water partition coefficient (Wildman–Crippen LogP) is 5.66. The van der Waals surface area contributed by atoms with Crippen molar-refractivity contribution in [1.29, 1.82) is 0 Å². The van der Waals surface area contributed by atoms with Gasteiger partial charge in [-0.3, -0.25) is 4.79 Å². The maximum absolute atomic E-state index is 8.36. The van der Waals surface area contributed by atoms with Crippen molar-refractivity contribution in [2.24, 2.45) is 11.7 Å². The number of carbonyl (C=O) groups is 1. The van der Waals surface area contributed by atoms with Crippen LogP contribution in [0.5, 0.6) is 0 Å². The van der Waals surface area contributed by atoms with E-state index < -0.39 is 0 Å². The lowest BCUT2D eigenvalue weighted by atomic mass is 10.0. The third-order valence-electron chi connectivity index (χ3n) is 2.61. The Balaban J connectivity index is 0. The van der Waals surface area contributed by atoms with Crippen LogP contribution in [0.25, 0.3) is 11.1 Å². The second-order valence-corrected chi connectivity index (χ2v) is 5.64. The van der Waals surface area contributed by atoms with Gasteiger partial charge in [0, 0.05) is 11.6 Å². The first-order valence-corrected chi connectivity index (χ1v) is 8.31. The maximum Gasteiger partial charge on any atom is 0.290 e. The van der Waals surface area contributed by atoms with Crippen molar-refractivity contribution in [2.75, 3.05) is 0 Å². The highest BCUT2D eigenvalue weighted by molar-refractivity contribution is 5.65. The third kappa shape index (κ3) is 10.6. The molecule has 1 atom stereocenters. The van der Waals surface area contributed by atoms with Crippen molar-refractivity contribution in [1.82, 2.24) is 0 Å². The van der Waals surface area contributed by atoms with E-state index in [4.69, 9.17) is 20.1 Å². The summed E-state index contributed by atoms with van der Waals surface area (Å²) in [7, 11) is 0. The smallest absolute Gasteiger partial charge is 0.290 e. The highest BCUT2D eigenvalue weighted by atomic mass is 16.3. The molecule has 3 N–H and O–H groups in total. The van der Waals surface area contributed by atoms with E-state index >= 15 is 0 Å². The van der Waals surface area contributed by atoms with Crippen LogP contribution in [0.2, 0.25) is 0 Å². The summed E-state index contributed by atoms with van der Waals surface area (Å²) >= 11 is 0.